The second-order valence-corrected chi connectivity index (χ2v) is 8.79. The molecule has 0 aliphatic heterocycles. The molecular weight excluding hydrogens is 470 g/mol. The third kappa shape index (κ3) is 4.50. The quantitative estimate of drug-likeness (QED) is 0.217. The highest BCUT2D eigenvalue weighted by atomic mass is 35.5. The van der Waals surface area contributed by atoms with E-state index < -0.39 is 5.56 Å². The van der Waals surface area contributed by atoms with Crippen molar-refractivity contribution in [1.82, 2.24) is 24.9 Å². The Bertz CT molecular complexity index is 1570. The molecule has 0 spiro atoms. The Hall–Kier alpha value is -3.75. The van der Waals surface area contributed by atoms with E-state index >= 15 is 0 Å². The molecule has 0 atom stereocenters. The van der Waals surface area contributed by atoms with Gasteiger partial charge in [0.1, 0.15) is 0 Å². The largest absolute Gasteiger partial charge is 0.351 e. The SMILES string of the molecule is O=C(CSc1nc2ccccc2c2nc(=O)c(-c3ccccc3)nn12)NCc1ccccc1Cl. The third-order valence-corrected chi connectivity index (χ3v) is 6.46. The fourth-order valence-electron chi connectivity index (χ4n) is 3.49. The van der Waals surface area contributed by atoms with Crippen molar-refractivity contribution in [2.45, 2.75) is 11.7 Å². The molecule has 0 fully saturated rings. The number of hydrogen-bond acceptors (Lipinski definition) is 6. The lowest BCUT2D eigenvalue weighted by atomic mass is 10.2. The lowest BCUT2D eigenvalue weighted by Crippen LogP contribution is -2.25. The maximum atomic E-state index is 12.8. The maximum Gasteiger partial charge on any atom is 0.300 e. The van der Waals surface area contributed by atoms with Gasteiger partial charge >= 0.3 is 0 Å². The van der Waals surface area contributed by atoms with Gasteiger partial charge in [-0.3, -0.25) is 9.59 Å². The lowest BCUT2D eigenvalue weighted by molar-refractivity contribution is -0.118. The summed E-state index contributed by atoms with van der Waals surface area (Å²) in [6.45, 7) is 0.329. The zero-order chi connectivity index (χ0) is 23.5. The number of carbonyl (C=O) groups excluding carboxylic acids is 1. The summed E-state index contributed by atoms with van der Waals surface area (Å²) in [6, 6.07) is 23.9. The van der Waals surface area contributed by atoms with Gasteiger partial charge in [-0.2, -0.15) is 14.6 Å². The van der Waals surface area contributed by atoms with Crippen molar-refractivity contribution in [2.24, 2.45) is 0 Å². The van der Waals surface area contributed by atoms with E-state index in [2.05, 4.69) is 15.4 Å². The first kappa shape index (κ1) is 22.1. The van der Waals surface area contributed by atoms with Crippen LogP contribution in [0.25, 0.3) is 27.8 Å². The van der Waals surface area contributed by atoms with Crippen LogP contribution in [0, 0.1) is 0 Å². The van der Waals surface area contributed by atoms with Crippen LogP contribution in [0.5, 0.6) is 0 Å². The minimum atomic E-state index is -0.420. The maximum absolute atomic E-state index is 12.8. The van der Waals surface area contributed by atoms with Crippen LogP contribution in [0.2, 0.25) is 5.02 Å². The zero-order valence-corrected chi connectivity index (χ0v) is 19.4. The number of thioether (sulfide) groups is 1. The summed E-state index contributed by atoms with van der Waals surface area (Å²) in [7, 11) is 0. The van der Waals surface area contributed by atoms with E-state index in [-0.39, 0.29) is 17.4 Å². The molecule has 168 valence electrons. The molecule has 2 aromatic heterocycles. The molecule has 1 amide bonds. The Morgan fingerprint density at radius 2 is 1.68 bits per heavy atom. The van der Waals surface area contributed by atoms with Crippen LogP contribution < -0.4 is 10.9 Å². The molecule has 0 aliphatic rings. The first-order chi connectivity index (χ1) is 16.6. The van der Waals surface area contributed by atoms with Crippen LogP contribution in [-0.4, -0.2) is 31.2 Å². The Balaban J connectivity index is 1.48. The normalized spacial score (nSPS) is 11.1. The van der Waals surface area contributed by atoms with E-state index in [9.17, 15) is 9.59 Å². The number of fused-ring (bicyclic) bond motifs is 3. The van der Waals surface area contributed by atoms with Gasteiger partial charge in [-0.05, 0) is 23.8 Å². The molecule has 5 rings (SSSR count). The molecule has 0 radical (unpaired) electrons. The molecule has 5 aromatic rings. The van der Waals surface area contributed by atoms with Gasteiger partial charge in [-0.1, -0.05) is 84.0 Å². The predicted octanol–water partition coefficient (Wildman–Crippen LogP) is 4.37. The van der Waals surface area contributed by atoms with E-state index in [1.165, 1.54) is 16.3 Å². The molecule has 1 N–H and O–H groups in total. The molecule has 0 saturated heterocycles. The second-order valence-electron chi connectivity index (χ2n) is 7.44. The number of nitrogens with one attached hydrogen (secondary N) is 1. The number of aromatic nitrogens is 4. The molecule has 0 bridgehead atoms. The number of amides is 1. The first-order valence-electron chi connectivity index (χ1n) is 10.5. The molecule has 2 heterocycles. The number of carbonyl (C=O) groups is 1. The summed E-state index contributed by atoms with van der Waals surface area (Å²) in [6.07, 6.45) is 0. The Labute approximate surface area is 203 Å². The van der Waals surface area contributed by atoms with E-state index in [4.69, 9.17) is 16.6 Å². The van der Waals surface area contributed by atoms with Crippen molar-refractivity contribution in [3.63, 3.8) is 0 Å². The Kier molecular flexibility index (Phi) is 6.24. The summed E-state index contributed by atoms with van der Waals surface area (Å²) in [5, 5.41) is 9.24. The summed E-state index contributed by atoms with van der Waals surface area (Å²) in [5.74, 6) is -0.0651. The number of nitrogens with zero attached hydrogens (tertiary/aromatic N) is 4. The van der Waals surface area contributed by atoms with Gasteiger partial charge in [-0.15, -0.1) is 0 Å². The summed E-state index contributed by atoms with van der Waals surface area (Å²) in [4.78, 5) is 34.4. The zero-order valence-electron chi connectivity index (χ0n) is 17.8. The summed E-state index contributed by atoms with van der Waals surface area (Å²) < 4.78 is 1.54. The number of hydrogen-bond donors (Lipinski definition) is 1. The van der Waals surface area contributed by atoms with Gasteiger partial charge in [0, 0.05) is 22.5 Å². The predicted molar refractivity (Wildman–Crippen MR) is 134 cm³/mol. The standard InChI is InChI=1S/C25H18ClN5O2S/c26-19-12-6-4-10-17(19)14-27-21(32)15-34-25-28-20-13-7-5-11-18(20)23-29-24(33)22(30-31(23)25)16-8-2-1-3-9-16/h1-13H,14-15H2,(H,27,32). The molecule has 9 heteroatoms. The van der Waals surface area contributed by atoms with E-state index in [1.54, 1.807) is 18.2 Å². The second kappa shape index (κ2) is 9.62. The van der Waals surface area contributed by atoms with Gasteiger partial charge in [0.05, 0.1) is 11.3 Å². The van der Waals surface area contributed by atoms with Crippen LogP contribution in [0.4, 0.5) is 0 Å². The molecule has 0 aliphatic carbocycles. The highest BCUT2D eigenvalue weighted by Crippen LogP contribution is 2.24. The van der Waals surface area contributed by atoms with Crippen LogP contribution >= 0.6 is 23.4 Å². The van der Waals surface area contributed by atoms with E-state index in [0.29, 0.717) is 38.8 Å². The number of benzene rings is 3. The van der Waals surface area contributed by atoms with Crippen molar-refractivity contribution in [2.75, 3.05) is 5.75 Å². The van der Waals surface area contributed by atoms with Crippen LogP contribution in [-0.2, 0) is 11.3 Å². The Morgan fingerprint density at radius 3 is 2.50 bits per heavy atom. The first-order valence-corrected chi connectivity index (χ1v) is 11.8. The van der Waals surface area contributed by atoms with Gasteiger partial charge in [0.2, 0.25) is 5.91 Å². The van der Waals surface area contributed by atoms with E-state index in [0.717, 1.165) is 5.56 Å². The topological polar surface area (TPSA) is 89.2 Å². The van der Waals surface area contributed by atoms with Gasteiger partial charge < -0.3 is 5.32 Å². The Morgan fingerprint density at radius 1 is 0.941 bits per heavy atom. The van der Waals surface area contributed by atoms with Crippen LogP contribution in [0.3, 0.4) is 0 Å². The molecule has 34 heavy (non-hydrogen) atoms. The smallest absolute Gasteiger partial charge is 0.300 e. The number of halogens is 1. The van der Waals surface area contributed by atoms with Crippen molar-refractivity contribution in [1.29, 1.82) is 0 Å². The monoisotopic (exact) mass is 487 g/mol. The van der Waals surface area contributed by atoms with Crippen LogP contribution in [0.15, 0.2) is 88.8 Å². The van der Waals surface area contributed by atoms with Crippen LogP contribution in [0.1, 0.15) is 5.56 Å². The summed E-state index contributed by atoms with van der Waals surface area (Å²) >= 11 is 7.39. The third-order valence-electron chi connectivity index (χ3n) is 5.17. The average molecular weight is 488 g/mol. The molecule has 0 unspecified atom stereocenters. The fraction of sp³-hybridized carbons (Fsp3) is 0.0800. The van der Waals surface area contributed by atoms with Gasteiger partial charge in [0.25, 0.3) is 5.56 Å². The molecule has 7 nitrogen and oxygen atoms in total. The average Bonchev–Trinajstić information content (AvgIpc) is 2.87. The summed E-state index contributed by atoms with van der Waals surface area (Å²) in [5.41, 5.74) is 2.37. The minimum absolute atomic E-state index is 0.110. The molecule has 3 aromatic carbocycles. The van der Waals surface area contributed by atoms with Crippen molar-refractivity contribution in [3.8, 4) is 11.3 Å². The highest BCUT2D eigenvalue weighted by molar-refractivity contribution is 7.99. The number of para-hydroxylation sites is 1. The fourth-order valence-corrected chi connectivity index (χ4v) is 4.47. The van der Waals surface area contributed by atoms with E-state index in [1.807, 2.05) is 60.7 Å². The number of rotatable bonds is 6. The van der Waals surface area contributed by atoms with Crippen molar-refractivity contribution in [3.05, 3.63) is 99.8 Å². The minimum Gasteiger partial charge on any atom is -0.351 e. The van der Waals surface area contributed by atoms with Crippen molar-refractivity contribution < 1.29 is 4.79 Å². The van der Waals surface area contributed by atoms with Gasteiger partial charge in [0.15, 0.2) is 16.5 Å². The van der Waals surface area contributed by atoms with Gasteiger partial charge in [-0.25, -0.2) is 4.98 Å². The lowest BCUT2D eigenvalue weighted by Gasteiger charge is -2.11. The molecule has 0 saturated carbocycles. The highest BCUT2D eigenvalue weighted by Gasteiger charge is 2.16. The molecular formula is C25H18ClN5O2S. The van der Waals surface area contributed by atoms with Crippen molar-refractivity contribution >= 4 is 45.8 Å².